The van der Waals surface area contributed by atoms with Gasteiger partial charge in [-0.3, -0.25) is 4.99 Å². The van der Waals surface area contributed by atoms with Crippen molar-refractivity contribution in [3.63, 3.8) is 0 Å². The van der Waals surface area contributed by atoms with Crippen LogP contribution in [-0.4, -0.2) is 43.7 Å². The summed E-state index contributed by atoms with van der Waals surface area (Å²) in [7, 11) is -3.87. The molecule has 1 heterocycles. The van der Waals surface area contributed by atoms with Gasteiger partial charge in [0.05, 0.1) is 11.5 Å². The third-order valence-electron chi connectivity index (χ3n) is 4.12. The smallest absolute Gasteiger partial charge is 0.333 e. The van der Waals surface area contributed by atoms with E-state index >= 15 is 0 Å². The van der Waals surface area contributed by atoms with E-state index in [0.717, 1.165) is 9.87 Å². The van der Waals surface area contributed by atoms with Crippen LogP contribution in [0.3, 0.4) is 0 Å². The van der Waals surface area contributed by atoms with E-state index in [4.69, 9.17) is 4.74 Å². The summed E-state index contributed by atoms with van der Waals surface area (Å²) in [6.45, 7) is 3.78. The number of carbonyl (C=O) groups excluding carboxylic acids is 1. The van der Waals surface area contributed by atoms with Gasteiger partial charge in [0.2, 0.25) is 0 Å². The summed E-state index contributed by atoms with van der Waals surface area (Å²) in [6.07, 6.45) is 8.00. The van der Waals surface area contributed by atoms with Crippen LogP contribution in [0.5, 0.6) is 0 Å². The molecule has 0 bridgehead atoms. The standard InChI is InChI=1S/C19H19N2O4S/c1-3-25-19(22)17-18(15-7-5-4-6-8-15)21(13-20-17)26(23,24)16-11-9-14(2)10-12-16/h5-13,17-18H,3H2,1-2H3/t17-,18-/m1/s1. The van der Waals surface area contributed by atoms with Crippen molar-refractivity contribution in [3.8, 4) is 0 Å². The Kier molecular flexibility index (Phi) is 5.11. The van der Waals surface area contributed by atoms with Crippen LogP contribution in [0.4, 0.5) is 0 Å². The Morgan fingerprint density at radius 3 is 2.62 bits per heavy atom. The molecule has 2 atom stereocenters. The Bertz CT molecular complexity index is 923. The van der Waals surface area contributed by atoms with Gasteiger partial charge in [0.15, 0.2) is 6.04 Å². The summed E-state index contributed by atoms with van der Waals surface area (Å²) in [4.78, 5) is 16.6. The minimum absolute atomic E-state index is 0.145. The van der Waals surface area contributed by atoms with Crippen LogP contribution in [0.2, 0.25) is 0 Å². The van der Waals surface area contributed by atoms with Crippen LogP contribution in [0.25, 0.3) is 0 Å². The highest BCUT2D eigenvalue weighted by Gasteiger charge is 2.44. The maximum atomic E-state index is 13.1. The van der Waals surface area contributed by atoms with Gasteiger partial charge in [-0.15, -0.1) is 5.73 Å². The summed E-state index contributed by atoms with van der Waals surface area (Å²) in [6, 6.07) is 4.82. The number of hydrogen-bond acceptors (Lipinski definition) is 5. The number of nitrogens with zero attached hydrogens (tertiary/aromatic N) is 2. The lowest BCUT2D eigenvalue weighted by Gasteiger charge is -2.28. The maximum absolute atomic E-state index is 13.1. The number of aryl methyl sites for hydroxylation is 1. The molecule has 0 unspecified atom stereocenters. The lowest BCUT2D eigenvalue weighted by Crippen LogP contribution is -2.45. The second-order valence-corrected chi connectivity index (χ2v) is 7.73. The zero-order valence-corrected chi connectivity index (χ0v) is 15.3. The molecule has 2 aliphatic rings. The average Bonchev–Trinajstić information content (AvgIpc) is 3.09. The normalized spacial score (nSPS) is 21.8. The minimum atomic E-state index is -3.87. The van der Waals surface area contributed by atoms with E-state index in [1.807, 2.05) is 6.92 Å². The second kappa shape index (κ2) is 7.32. The molecule has 0 N–H and O–H groups in total. The van der Waals surface area contributed by atoms with E-state index < -0.39 is 28.1 Å². The number of hydrogen-bond donors (Lipinski definition) is 0. The van der Waals surface area contributed by atoms with E-state index in [9.17, 15) is 13.2 Å². The predicted octanol–water partition coefficient (Wildman–Crippen LogP) is 2.18. The van der Waals surface area contributed by atoms with Crippen LogP contribution >= 0.6 is 0 Å². The van der Waals surface area contributed by atoms with Crippen molar-refractivity contribution in [1.29, 1.82) is 0 Å². The number of rotatable bonds is 5. The lowest BCUT2D eigenvalue weighted by molar-refractivity contribution is -0.144. The molecule has 1 radical (unpaired) electrons. The molecular formula is C19H19N2O4S. The SMILES string of the molecule is CCOC(=O)[C@@H]1N=CN(S(=O)(=O)c2ccc(C)cc2)[C@@H]1C1=CC=C=C[CH]1. The Labute approximate surface area is 153 Å². The molecule has 0 aromatic heterocycles. The van der Waals surface area contributed by atoms with E-state index in [1.165, 1.54) is 6.34 Å². The Hall–Kier alpha value is -2.63. The number of allylic oxidation sites excluding steroid dienone is 2. The van der Waals surface area contributed by atoms with Crippen LogP contribution in [0.15, 0.2) is 63.7 Å². The molecule has 0 amide bonds. The first-order chi connectivity index (χ1) is 12.4. The Balaban J connectivity index is 2.00. The summed E-state index contributed by atoms with van der Waals surface area (Å²) in [5, 5.41) is 0. The molecule has 135 valence electrons. The van der Waals surface area contributed by atoms with Crippen molar-refractivity contribution in [2.75, 3.05) is 6.61 Å². The predicted molar refractivity (Wildman–Crippen MR) is 97.9 cm³/mol. The van der Waals surface area contributed by atoms with E-state index in [1.54, 1.807) is 55.8 Å². The molecule has 0 spiro atoms. The molecule has 1 aromatic rings. The molecule has 7 heteroatoms. The van der Waals surface area contributed by atoms with E-state index in [0.29, 0.717) is 5.57 Å². The highest BCUT2D eigenvalue weighted by atomic mass is 32.2. The number of esters is 1. The number of ether oxygens (including phenoxy) is 1. The van der Waals surface area contributed by atoms with Crippen LogP contribution in [0, 0.1) is 13.3 Å². The lowest BCUT2D eigenvalue weighted by atomic mass is 9.96. The number of aliphatic imine (C=N–C) groups is 1. The van der Waals surface area contributed by atoms with Crippen molar-refractivity contribution in [1.82, 2.24) is 4.31 Å². The second-order valence-electron chi connectivity index (χ2n) is 5.89. The minimum Gasteiger partial charge on any atom is -0.464 e. The largest absolute Gasteiger partial charge is 0.464 e. The first-order valence-electron chi connectivity index (χ1n) is 8.21. The maximum Gasteiger partial charge on any atom is 0.333 e. The first kappa shape index (κ1) is 18.2. The fourth-order valence-electron chi connectivity index (χ4n) is 2.82. The van der Waals surface area contributed by atoms with Crippen molar-refractivity contribution < 1.29 is 17.9 Å². The number of sulfonamides is 1. The van der Waals surface area contributed by atoms with Gasteiger partial charge in [0, 0.05) is 6.42 Å². The third-order valence-corrected chi connectivity index (χ3v) is 5.87. The first-order valence-corrected chi connectivity index (χ1v) is 9.65. The molecule has 3 rings (SSSR count). The Morgan fingerprint density at radius 2 is 2.00 bits per heavy atom. The molecule has 0 saturated heterocycles. The fourth-order valence-corrected chi connectivity index (χ4v) is 4.26. The van der Waals surface area contributed by atoms with Gasteiger partial charge in [-0.1, -0.05) is 23.8 Å². The van der Waals surface area contributed by atoms with Crippen molar-refractivity contribution >= 4 is 22.3 Å². The van der Waals surface area contributed by atoms with Gasteiger partial charge >= 0.3 is 5.97 Å². The van der Waals surface area contributed by atoms with Crippen LogP contribution in [-0.2, 0) is 19.6 Å². The molecule has 1 aromatic carbocycles. The Morgan fingerprint density at radius 1 is 1.27 bits per heavy atom. The zero-order valence-electron chi connectivity index (χ0n) is 14.5. The van der Waals surface area contributed by atoms with E-state index in [-0.39, 0.29) is 11.5 Å². The summed E-state index contributed by atoms with van der Waals surface area (Å²) < 4.78 is 32.5. The summed E-state index contributed by atoms with van der Waals surface area (Å²) in [5.74, 6) is -0.553. The monoisotopic (exact) mass is 371 g/mol. The average molecular weight is 371 g/mol. The topological polar surface area (TPSA) is 76.0 Å². The van der Waals surface area contributed by atoms with Crippen molar-refractivity contribution in [2.45, 2.75) is 30.8 Å². The molecule has 1 aliphatic heterocycles. The molecule has 6 nitrogen and oxygen atoms in total. The number of benzene rings is 1. The van der Waals surface area contributed by atoms with Crippen LogP contribution in [0.1, 0.15) is 12.5 Å². The van der Waals surface area contributed by atoms with Gasteiger partial charge in [0.25, 0.3) is 10.0 Å². The van der Waals surface area contributed by atoms with E-state index in [2.05, 4.69) is 10.7 Å². The van der Waals surface area contributed by atoms with Crippen molar-refractivity contribution in [3.05, 3.63) is 65.8 Å². The van der Waals surface area contributed by atoms with Gasteiger partial charge in [0.1, 0.15) is 12.4 Å². The van der Waals surface area contributed by atoms with Gasteiger partial charge in [-0.05, 0) is 43.7 Å². The fraction of sp³-hybridized carbons (Fsp3) is 0.263. The summed E-state index contributed by atoms with van der Waals surface area (Å²) >= 11 is 0. The van der Waals surface area contributed by atoms with Gasteiger partial charge in [-0.2, -0.15) is 0 Å². The highest BCUT2D eigenvalue weighted by molar-refractivity contribution is 7.89. The van der Waals surface area contributed by atoms with Crippen LogP contribution < -0.4 is 0 Å². The zero-order chi connectivity index (χ0) is 18.7. The quantitative estimate of drug-likeness (QED) is 0.587. The molecule has 0 saturated carbocycles. The number of carbonyl (C=O) groups is 1. The molecule has 0 fully saturated rings. The van der Waals surface area contributed by atoms with Gasteiger partial charge < -0.3 is 4.74 Å². The molecule has 26 heavy (non-hydrogen) atoms. The molecular weight excluding hydrogens is 352 g/mol. The van der Waals surface area contributed by atoms with Gasteiger partial charge in [-0.25, -0.2) is 17.5 Å². The molecule has 1 aliphatic carbocycles. The highest BCUT2D eigenvalue weighted by Crippen LogP contribution is 2.30. The summed E-state index contributed by atoms with van der Waals surface area (Å²) in [5.41, 5.74) is 4.50. The third kappa shape index (κ3) is 3.36. The van der Waals surface area contributed by atoms with Crippen molar-refractivity contribution in [2.24, 2.45) is 4.99 Å².